The Morgan fingerprint density at radius 1 is 1.33 bits per heavy atom. The Balaban J connectivity index is 1.59. The summed E-state index contributed by atoms with van der Waals surface area (Å²) in [4.78, 5) is 12.7. The van der Waals surface area contributed by atoms with Crippen molar-refractivity contribution in [3.05, 3.63) is 47.2 Å². The fourth-order valence-electron chi connectivity index (χ4n) is 4.04. The van der Waals surface area contributed by atoms with Crippen LogP contribution in [0, 0.1) is 0 Å². The van der Waals surface area contributed by atoms with Gasteiger partial charge in [-0.05, 0) is 30.4 Å². The monoisotopic (exact) mass is 422 g/mol. The summed E-state index contributed by atoms with van der Waals surface area (Å²) in [5.41, 5.74) is 1.97. The number of anilines is 1. The summed E-state index contributed by atoms with van der Waals surface area (Å²) in [5, 5.41) is 9.78. The number of fused-ring (bicyclic) bond motifs is 1. The van der Waals surface area contributed by atoms with Crippen LogP contribution in [0.5, 0.6) is 0 Å². The van der Waals surface area contributed by atoms with E-state index in [0.29, 0.717) is 13.2 Å². The molecule has 1 aromatic heterocycles. The minimum absolute atomic E-state index is 0.0546. The average molecular weight is 422 g/mol. The van der Waals surface area contributed by atoms with Gasteiger partial charge in [0.25, 0.3) is 5.91 Å². The fourth-order valence-corrected chi connectivity index (χ4v) is 4.04. The summed E-state index contributed by atoms with van der Waals surface area (Å²) in [7, 11) is 0. The van der Waals surface area contributed by atoms with Crippen molar-refractivity contribution in [3.8, 4) is 0 Å². The molecule has 2 aromatic rings. The van der Waals surface area contributed by atoms with Gasteiger partial charge in [0.15, 0.2) is 6.04 Å². The van der Waals surface area contributed by atoms with Crippen molar-refractivity contribution in [2.24, 2.45) is 0 Å². The van der Waals surface area contributed by atoms with Crippen LogP contribution in [0.15, 0.2) is 30.5 Å². The summed E-state index contributed by atoms with van der Waals surface area (Å²) in [6.07, 6.45) is -0.870. The number of nitrogens with zero attached hydrogens (tertiary/aromatic N) is 2. The molecule has 0 saturated carbocycles. The van der Waals surface area contributed by atoms with Gasteiger partial charge >= 0.3 is 6.18 Å². The molecule has 0 bridgehead atoms. The second-order valence-corrected chi connectivity index (χ2v) is 7.78. The minimum Gasteiger partial charge on any atom is -0.376 e. The van der Waals surface area contributed by atoms with Crippen LogP contribution in [-0.4, -0.2) is 41.1 Å². The molecule has 0 spiro atoms. The first-order chi connectivity index (χ1) is 14.4. The van der Waals surface area contributed by atoms with Crippen LogP contribution in [0.3, 0.4) is 0 Å². The summed E-state index contributed by atoms with van der Waals surface area (Å²) in [5.74, 6) is -0.361. The van der Waals surface area contributed by atoms with E-state index in [-0.39, 0.29) is 23.9 Å². The van der Waals surface area contributed by atoms with E-state index >= 15 is 0 Å². The number of alkyl halides is 3. The van der Waals surface area contributed by atoms with Gasteiger partial charge in [-0.25, -0.2) is 4.68 Å². The number of halogens is 3. The molecule has 162 valence electrons. The van der Waals surface area contributed by atoms with Crippen molar-refractivity contribution in [1.29, 1.82) is 0 Å². The van der Waals surface area contributed by atoms with Crippen molar-refractivity contribution in [1.82, 2.24) is 15.1 Å². The Labute approximate surface area is 172 Å². The lowest BCUT2D eigenvalue weighted by atomic mass is 9.95. The van der Waals surface area contributed by atoms with Crippen LogP contribution in [-0.2, 0) is 11.2 Å². The van der Waals surface area contributed by atoms with Crippen LogP contribution < -0.4 is 10.6 Å². The molecule has 4 rings (SSSR count). The smallest absolute Gasteiger partial charge is 0.376 e. The van der Waals surface area contributed by atoms with Gasteiger partial charge in [-0.1, -0.05) is 31.2 Å². The predicted octanol–water partition coefficient (Wildman–Crippen LogP) is 4.01. The number of hydrogen-bond donors (Lipinski definition) is 2. The highest BCUT2D eigenvalue weighted by Gasteiger charge is 2.47. The number of rotatable bonds is 5. The number of carbonyl (C=O) groups is 1. The maximum absolute atomic E-state index is 13.8. The maximum Gasteiger partial charge on any atom is 0.410 e. The van der Waals surface area contributed by atoms with E-state index in [2.05, 4.69) is 15.7 Å². The quantitative estimate of drug-likeness (QED) is 0.764. The molecule has 3 heterocycles. The van der Waals surface area contributed by atoms with Crippen molar-refractivity contribution >= 4 is 11.7 Å². The number of nitrogens with one attached hydrogen (secondary N) is 2. The molecule has 1 amide bonds. The van der Waals surface area contributed by atoms with Gasteiger partial charge in [0.05, 0.1) is 18.3 Å². The normalized spacial score (nSPS) is 23.7. The van der Waals surface area contributed by atoms with E-state index in [4.69, 9.17) is 4.74 Å². The average Bonchev–Trinajstić information content (AvgIpc) is 3.40. The largest absolute Gasteiger partial charge is 0.410 e. The molecular formula is C21H25F3N4O2. The van der Waals surface area contributed by atoms with Gasteiger partial charge < -0.3 is 15.4 Å². The summed E-state index contributed by atoms with van der Waals surface area (Å²) in [6, 6.07) is 5.14. The predicted molar refractivity (Wildman–Crippen MR) is 105 cm³/mol. The Morgan fingerprint density at radius 2 is 2.10 bits per heavy atom. The van der Waals surface area contributed by atoms with Gasteiger partial charge in [0.2, 0.25) is 0 Å². The Morgan fingerprint density at radius 3 is 2.73 bits per heavy atom. The Hall–Kier alpha value is -2.55. The Kier molecular flexibility index (Phi) is 5.73. The summed E-state index contributed by atoms with van der Waals surface area (Å²) in [6.45, 7) is 3.01. The summed E-state index contributed by atoms with van der Waals surface area (Å²) >= 11 is 0. The molecule has 9 heteroatoms. The zero-order valence-corrected chi connectivity index (χ0v) is 16.7. The first-order valence-electron chi connectivity index (χ1n) is 10.3. The lowest BCUT2D eigenvalue weighted by Crippen LogP contribution is -2.37. The van der Waals surface area contributed by atoms with Gasteiger partial charge in [0, 0.05) is 19.6 Å². The molecule has 3 atom stereocenters. The van der Waals surface area contributed by atoms with Crippen molar-refractivity contribution in [3.63, 3.8) is 0 Å². The molecule has 2 N–H and O–H groups in total. The number of amides is 1. The Bertz CT molecular complexity index is 889. The van der Waals surface area contributed by atoms with Crippen molar-refractivity contribution in [2.45, 2.75) is 57.0 Å². The lowest BCUT2D eigenvalue weighted by Gasteiger charge is -2.34. The number of benzene rings is 1. The zero-order chi connectivity index (χ0) is 21.3. The molecule has 0 radical (unpaired) electrons. The fraction of sp³-hybridized carbons (Fsp3) is 0.524. The SMILES string of the molecule is CCc1ccc([C@H]2C[C@@H](C(F)(F)F)n3ncc(C(=O)NC[C@@H]4CCCO4)c3N2)cc1. The third-order valence-electron chi connectivity index (χ3n) is 5.79. The second kappa shape index (κ2) is 8.29. The van der Waals surface area contributed by atoms with E-state index in [1.165, 1.54) is 6.20 Å². The number of aryl methyl sites for hydroxylation is 1. The number of carbonyl (C=O) groups excluding carboxylic acids is 1. The molecule has 0 unspecified atom stereocenters. The third kappa shape index (κ3) is 4.16. The first-order valence-corrected chi connectivity index (χ1v) is 10.3. The van der Waals surface area contributed by atoms with Crippen molar-refractivity contribution < 1.29 is 22.7 Å². The van der Waals surface area contributed by atoms with E-state index < -0.39 is 24.2 Å². The van der Waals surface area contributed by atoms with Crippen LogP contribution in [0.1, 0.15) is 59.8 Å². The first kappa shape index (κ1) is 20.7. The number of hydrogen-bond acceptors (Lipinski definition) is 4. The molecule has 2 aliphatic rings. The molecule has 30 heavy (non-hydrogen) atoms. The van der Waals surface area contributed by atoms with Crippen LogP contribution in [0.2, 0.25) is 0 Å². The summed E-state index contributed by atoms with van der Waals surface area (Å²) < 4.78 is 47.7. The van der Waals surface area contributed by atoms with E-state index in [0.717, 1.165) is 35.1 Å². The highest BCUT2D eigenvalue weighted by Crippen LogP contribution is 2.44. The number of ether oxygens (including phenoxy) is 1. The van der Waals surface area contributed by atoms with E-state index in [9.17, 15) is 18.0 Å². The lowest BCUT2D eigenvalue weighted by molar-refractivity contribution is -0.173. The molecule has 0 aliphatic carbocycles. The second-order valence-electron chi connectivity index (χ2n) is 7.78. The molecule has 6 nitrogen and oxygen atoms in total. The molecule has 1 saturated heterocycles. The van der Waals surface area contributed by atoms with E-state index in [1.807, 2.05) is 31.2 Å². The van der Waals surface area contributed by atoms with Crippen LogP contribution in [0.25, 0.3) is 0 Å². The highest BCUT2D eigenvalue weighted by atomic mass is 19.4. The van der Waals surface area contributed by atoms with E-state index in [1.54, 1.807) is 0 Å². The van der Waals surface area contributed by atoms with Gasteiger partial charge in [-0.15, -0.1) is 0 Å². The van der Waals surface area contributed by atoms with Gasteiger partial charge in [0.1, 0.15) is 11.4 Å². The maximum atomic E-state index is 13.8. The van der Waals surface area contributed by atoms with Gasteiger partial charge in [-0.2, -0.15) is 18.3 Å². The zero-order valence-electron chi connectivity index (χ0n) is 16.7. The van der Waals surface area contributed by atoms with Crippen LogP contribution in [0.4, 0.5) is 19.0 Å². The van der Waals surface area contributed by atoms with Crippen LogP contribution >= 0.6 is 0 Å². The molecule has 1 fully saturated rings. The topological polar surface area (TPSA) is 68.2 Å². The third-order valence-corrected chi connectivity index (χ3v) is 5.79. The molecule has 1 aromatic carbocycles. The minimum atomic E-state index is -4.48. The van der Waals surface area contributed by atoms with Crippen molar-refractivity contribution in [2.75, 3.05) is 18.5 Å². The highest BCUT2D eigenvalue weighted by molar-refractivity contribution is 5.98. The molecular weight excluding hydrogens is 397 g/mol. The standard InChI is InChI=1S/C21H25F3N4O2/c1-2-13-5-7-14(8-6-13)17-10-18(21(22,23)24)28-19(27-17)16(12-26-28)20(29)25-11-15-4-3-9-30-15/h5-8,12,15,17-18,27H,2-4,9-11H2,1H3,(H,25,29)/t15-,17+,18-/m0/s1. The number of aromatic nitrogens is 2. The van der Waals surface area contributed by atoms with Gasteiger partial charge in [-0.3, -0.25) is 4.79 Å². The molecule has 2 aliphatic heterocycles.